The molecule has 0 saturated carbocycles. The lowest BCUT2D eigenvalue weighted by atomic mass is 10.1. The lowest BCUT2D eigenvalue weighted by Crippen LogP contribution is -2.17. The number of hydrogen-bond acceptors (Lipinski definition) is 2. The van der Waals surface area contributed by atoms with Crippen LogP contribution in [0.4, 0.5) is 4.39 Å². The number of halogens is 1. The monoisotopic (exact) mass is 210 g/mol. The summed E-state index contributed by atoms with van der Waals surface area (Å²) in [6, 6.07) is 5.44. The first-order valence-corrected chi connectivity index (χ1v) is 5.10. The molecule has 0 bridgehead atoms. The van der Waals surface area contributed by atoms with Crippen molar-refractivity contribution in [1.82, 2.24) is 0 Å². The van der Waals surface area contributed by atoms with Gasteiger partial charge in [-0.1, -0.05) is 20.3 Å². The van der Waals surface area contributed by atoms with E-state index in [9.17, 15) is 9.18 Å². The normalized spacial score (nSPS) is 12.2. The molecule has 1 aromatic carbocycles. The minimum absolute atomic E-state index is 0.111. The topological polar surface area (TPSA) is 26.3 Å². The molecule has 15 heavy (non-hydrogen) atoms. The van der Waals surface area contributed by atoms with E-state index in [0.717, 1.165) is 12.8 Å². The van der Waals surface area contributed by atoms with Crippen molar-refractivity contribution in [3.63, 3.8) is 0 Å². The first-order valence-electron chi connectivity index (χ1n) is 5.10. The maximum Gasteiger partial charge on any atom is 0.314 e. The van der Waals surface area contributed by atoms with Crippen molar-refractivity contribution in [1.29, 1.82) is 0 Å². The molecule has 0 radical (unpaired) electrons. The number of carbonyl (C=O) groups excluding carboxylic acids is 1. The van der Waals surface area contributed by atoms with Gasteiger partial charge < -0.3 is 4.74 Å². The van der Waals surface area contributed by atoms with E-state index >= 15 is 0 Å². The van der Waals surface area contributed by atoms with Gasteiger partial charge in [0.1, 0.15) is 11.6 Å². The highest BCUT2D eigenvalue weighted by molar-refractivity contribution is 5.74. The third kappa shape index (κ3) is 3.70. The van der Waals surface area contributed by atoms with E-state index in [4.69, 9.17) is 4.74 Å². The van der Waals surface area contributed by atoms with Gasteiger partial charge in [-0.05, 0) is 30.7 Å². The Balaban J connectivity index is 2.54. The molecule has 0 heterocycles. The van der Waals surface area contributed by atoms with E-state index in [0.29, 0.717) is 5.75 Å². The summed E-state index contributed by atoms with van der Waals surface area (Å²) in [6.45, 7) is 3.84. The van der Waals surface area contributed by atoms with Crippen molar-refractivity contribution in [2.24, 2.45) is 5.92 Å². The van der Waals surface area contributed by atoms with Crippen LogP contribution in [0.2, 0.25) is 0 Å². The summed E-state index contributed by atoms with van der Waals surface area (Å²) in [4.78, 5) is 11.5. The van der Waals surface area contributed by atoms with E-state index in [2.05, 4.69) is 0 Å². The molecule has 1 atom stereocenters. The average molecular weight is 210 g/mol. The predicted octanol–water partition coefficient (Wildman–Crippen LogP) is 3.17. The highest BCUT2D eigenvalue weighted by Gasteiger charge is 2.13. The second-order valence-electron chi connectivity index (χ2n) is 3.56. The standard InChI is InChI=1S/C12H15FO2/c1-3-4-9(2)12(14)15-11-7-5-10(13)6-8-11/h5-9H,3-4H2,1-2H3. The first-order chi connectivity index (χ1) is 7.13. The molecule has 1 aromatic rings. The fraction of sp³-hybridized carbons (Fsp3) is 0.417. The number of hydrogen-bond donors (Lipinski definition) is 0. The van der Waals surface area contributed by atoms with E-state index in [1.807, 2.05) is 13.8 Å². The molecule has 2 nitrogen and oxygen atoms in total. The quantitative estimate of drug-likeness (QED) is 0.563. The van der Waals surface area contributed by atoms with Gasteiger partial charge in [0.15, 0.2) is 0 Å². The second-order valence-corrected chi connectivity index (χ2v) is 3.56. The van der Waals surface area contributed by atoms with Gasteiger partial charge in [-0.3, -0.25) is 4.79 Å². The van der Waals surface area contributed by atoms with E-state index in [1.54, 1.807) is 0 Å². The molecular weight excluding hydrogens is 195 g/mol. The minimum atomic E-state index is -0.337. The lowest BCUT2D eigenvalue weighted by Gasteiger charge is -2.09. The Kier molecular flexibility index (Phi) is 4.28. The number of ether oxygens (including phenoxy) is 1. The Morgan fingerprint density at radius 3 is 2.53 bits per heavy atom. The minimum Gasteiger partial charge on any atom is -0.426 e. The molecule has 0 aromatic heterocycles. The molecule has 0 amide bonds. The molecule has 1 rings (SSSR count). The van der Waals surface area contributed by atoms with Crippen LogP contribution in [0.5, 0.6) is 5.75 Å². The number of esters is 1. The number of benzene rings is 1. The van der Waals surface area contributed by atoms with Gasteiger partial charge in [-0.15, -0.1) is 0 Å². The van der Waals surface area contributed by atoms with Gasteiger partial charge in [0, 0.05) is 0 Å². The zero-order valence-corrected chi connectivity index (χ0v) is 9.00. The van der Waals surface area contributed by atoms with Crippen molar-refractivity contribution < 1.29 is 13.9 Å². The number of carbonyl (C=O) groups is 1. The summed E-state index contributed by atoms with van der Waals surface area (Å²) in [6.07, 6.45) is 1.75. The Labute approximate surface area is 89.1 Å². The SMILES string of the molecule is CCCC(C)C(=O)Oc1ccc(F)cc1. The van der Waals surface area contributed by atoms with Gasteiger partial charge in [0.2, 0.25) is 0 Å². The van der Waals surface area contributed by atoms with Gasteiger partial charge in [0.05, 0.1) is 5.92 Å². The van der Waals surface area contributed by atoms with E-state index in [-0.39, 0.29) is 17.7 Å². The smallest absolute Gasteiger partial charge is 0.314 e. The van der Waals surface area contributed by atoms with Gasteiger partial charge in [-0.2, -0.15) is 0 Å². The van der Waals surface area contributed by atoms with Gasteiger partial charge in [-0.25, -0.2) is 4.39 Å². The van der Waals surface area contributed by atoms with Crippen LogP contribution in [0.3, 0.4) is 0 Å². The van der Waals surface area contributed by atoms with Gasteiger partial charge >= 0.3 is 5.97 Å². The molecule has 0 spiro atoms. The summed E-state index contributed by atoms with van der Waals surface area (Å²) in [7, 11) is 0. The second kappa shape index (κ2) is 5.49. The fourth-order valence-electron chi connectivity index (χ4n) is 1.27. The van der Waals surface area contributed by atoms with Crippen LogP contribution < -0.4 is 4.74 Å². The summed E-state index contributed by atoms with van der Waals surface area (Å²) >= 11 is 0. The average Bonchev–Trinajstić information content (AvgIpc) is 2.22. The third-order valence-corrected chi connectivity index (χ3v) is 2.16. The maximum atomic E-state index is 12.6. The predicted molar refractivity (Wildman–Crippen MR) is 56.1 cm³/mol. The van der Waals surface area contributed by atoms with Crippen molar-refractivity contribution >= 4 is 5.97 Å². The molecule has 3 heteroatoms. The van der Waals surface area contributed by atoms with Crippen molar-refractivity contribution in [2.45, 2.75) is 26.7 Å². The van der Waals surface area contributed by atoms with Crippen LogP contribution in [0.1, 0.15) is 26.7 Å². The molecule has 1 unspecified atom stereocenters. The Hall–Kier alpha value is -1.38. The largest absolute Gasteiger partial charge is 0.426 e. The summed E-state index contributed by atoms with van der Waals surface area (Å²) in [5.41, 5.74) is 0. The van der Waals surface area contributed by atoms with Crippen molar-refractivity contribution in [3.05, 3.63) is 30.1 Å². The third-order valence-electron chi connectivity index (χ3n) is 2.16. The zero-order valence-electron chi connectivity index (χ0n) is 9.00. The summed E-state index contributed by atoms with van der Waals surface area (Å²) < 4.78 is 17.6. The fourth-order valence-corrected chi connectivity index (χ4v) is 1.27. The van der Waals surface area contributed by atoms with Crippen LogP contribution in [0, 0.1) is 11.7 Å². The molecule has 0 fully saturated rings. The Bertz CT molecular complexity index is 319. The first kappa shape index (κ1) is 11.7. The number of rotatable bonds is 4. The zero-order chi connectivity index (χ0) is 11.3. The van der Waals surface area contributed by atoms with E-state index in [1.165, 1.54) is 24.3 Å². The molecule has 0 aliphatic heterocycles. The highest BCUT2D eigenvalue weighted by atomic mass is 19.1. The molecular formula is C12H15FO2. The van der Waals surface area contributed by atoms with Crippen molar-refractivity contribution in [2.75, 3.05) is 0 Å². The lowest BCUT2D eigenvalue weighted by molar-refractivity contribution is -0.138. The van der Waals surface area contributed by atoms with E-state index < -0.39 is 0 Å². The van der Waals surface area contributed by atoms with Crippen LogP contribution in [-0.4, -0.2) is 5.97 Å². The molecule has 82 valence electrons. The van der Waals surface area contributed by atoms with Gasteiger partial charge in [0.25, 0.3) is 0 Å². The van der Waals surface area contributed by atoms with Crippen LogP contribution in [-0.2, 0) is 4.79 Å². The molecule has 0 aliphatic rings. The molecule has 0 N–H and O–H groups in total. The highest BCUT2D eigenvalue weighted by Crippen LogP contribution is 2.14. The molecule has 0 saturated heterocycles. The molecule has 0 aliphatic carbocycles. The summed E-state index contributed by atoms with van der Waals surface area (Å²) in [5, 5.41) is 0. The van der Waals surface area contributed by atoms with Crippen LogP contribution in [0.15, 0.2) is 24.3 Å². The Morgan fingerprint density at radius 1 is 1.40 bits per heavy atom. The summed E-state index contributed by atoms with van der Waals surface area (Å²) in [5.74, 6) is -0.315. The van der Waals surface area contributed by atoms with Crippen molar-refractivity contribution in [3.8, 4) is 5.75 Å². The Morgan fingerprint density at radius 2 is 2.00 bits per heavy atom. The maximum absolute atomic E-state index is 12.6. The van der Waals surface area contributed by atoms with Crippen LogP contribution in [0.25, 0.3) is 0 Å². The van der Waals surface area contributed by atoms with Crippen LogP contribution >= 0.6 is 0 Å².